The lowest BCUT2D eigenvalue weighted by molar-refractivity contribution is 0.0950. The highest BCUT2D eigenvalue weighted by Crippen LogP contribution is 2.10. The third-order valence-electron chi connectivity index (χ3n) is 2.27. The van der Waals surface area contributed by atoms with Gasteiger partial charge in [-0.05, 0) is 17.7 Å². The zero-order valence-electron chi connectivity index (χ0n) is 10.3. The van der Waals surface area contributed by atoms with E-state index < -0.39 is 5.91 Å². The lowest BCUT2D eigenvalue weighted by atomic mass is 10.2. The smallest absolute Gasteiger partial charge is 0.291 e. The van der Waals surface area contributed by atoms with Gasteiger partial charge in [-0.1, -0.05) is 12.1 Å². The summed E-state index contributed by atoms with van der Waals surface area (Å²) < 4.78 is 5.08. The molecule has 0 spiro atoms. The summed E-state index contributed by atoms with van der Waals surface area (Å²) in [5, 5.41) is 3.85. The largest absolute Gasteiger partial charge is 0.497 e. The number of carbonyl (C=O) groups is 1. The number of methoxy groups -OCH3 is 1. The molecule has 0 saturated heterocycles. The Morgan fingerprint density at radius 2 is 2.32 bits per heavy atom. The Kier molecular flexibility index (Phi) is 4.17. The van der Waals surface area contributed by atoms with Crippen LogP contribution in [0.15, 0.2) is 48.0 Å². The van der Waals surface area contributed by atoms with E-state index in [0.717, 1.165) is 11.3 Å². The van der Waals surface area contributed by atoms with Gasteiger partial charge in [-0.25, -0.2) is 10.4 Å². The van der Waals surface area contributed by atoms with Gasteiger partial charge in [-0.3, -0.25) is 9.78 Å². The first-order valence-corrected chi connectivity index (χ1v) is 5.53. The molecule has 2 aromatic rings. The number of hydrogen-bond acceptors (Lipinski definition) is 5. The number of carbonyl (C=O) groups excluding carboxylic acids is 1. The molecular formula is C13H12N4O2. The molecule has 0 aliphatic carbocycles. The highest BCUT2D eigenvalue weighted by Gasteiger charge is 2.04. The van der Waals surface area contributed by atoms with Crippen LogP contribution in [0.25, 0.3) is 0 Å². The van der Waals surface area contributed by atoms with Gasteiger partial charge in [0.15, 0.2) is 0 Å². The molecule has 0 radical (unpaired) electrons. The van der Waals surface area contributed by atoms with Gasteiger partial charge in [0.25, 0.3) is 5.91 Å². The Hall–Kier alpha value is -2.76. The van der Waals surface area contributed by atoms with Crippen LogP contribution in [0.5, 0.6) is 5.75 Å². The third-order valence-corrected chi connectivity index (χ3v) is 2.27. The molecule has 0 bridgehead atoms. The first kappa shape index (κ1) is 12.7. The molecule has 0 aliphatic heterocycles. The summed E-state index contributed by atoms with van der Waals surface area (Å²) in [6.07, 6.45) is 5.84. The summed E-state index contributed by atoms with van der Waals surface area (Å²) in [4.78, 5) is 19.3. The number of ether oxygens (including phenoxy) is 1. The SMILES string of the molecule is COc1cccc(C=NNC(=O)c2cnccn2)c1. The molecule has 1 aromatic heterocycles. The summed E-state index contributed by atoms with van der Waals surface area (Å²) >= 11 is 0. The Morgan fingerprint density at radius 1 is 1.42 bits per heavy atom. The summed E-state index contributed by atoms with van der Waals surface area (Å²) in [7, 11) is 1.59. The number of hydrazone groups is 1. The second-order valence-corrected chi connectivity index (χ2v) is 3.57. The van der Waals surface area contributed by atoms with Crippen LogP contribution in [0.2, 0.25) is 0 Å². The average molecular weight is 256 g/mol. The van der Waals surface area contributed by atoms with Crippen molar-refractivity contribution in [3.8, 4) is 5.75 Å². The maximum absolute atomic E-state index is 11.6. The van der Waals surface area contributed by atoms with Crippen molar-refractivity contribution in [3.05, 3.63) is 54.1 Å². The summed E-state index contributed by atoms with van der Waals surface area (Å²) in [5.41, 5.74) is 3.40. The number of rotatable bonds is 4. The number of benzene rings is 1. The fraction of sp³-hybridized carbons (Fsp3) is 0.0769. The van der Waals surface area contributed by atoms with E-state index in [-0.39, 0.29) is 5.69 Å². The van der Waals surface area contributed by atoms with E-state index in [0.29, 0.717) is 0 Å². The standard InChI is InChI=1S/C13H12N4O2/c1-19-11-4-2-3-10(7-11)8-16-17-13(18)12-9-14-5-6-15-12/h2-9H,1H3,(H,17,18). The van der Waals surface area contributed by atoms with Gasteiger partial charge in [0, 0.05) is 12.4 Å². The first-order chi connectivity index (χ1) is 9.29. The average Bonchev–Trinajstić information content (AvgIpc) is 2.48. The summed E-state index contributed by atoms with van der Waals surface area (Å²) in [6.45, 7) is 0. The van der Waals surface area contributed by atoms with Crippen molar-refractivity contribution in [3.63, 3.8) is 0 Å². The minimum Gasteiger partial charge on any atom is -0.497 e. The zero-order valence-corrected chi connectivity index (χ0v) is 10.3. The molecule has 6 nitrogen and oxygen atoms in total. The Bertz CT molecular complexity index is 584. The molecule has 0 aliphatic rings. The second-order valence-electron chi connectivity index (χ2n) is 3.57. The quantitative estimate of drug-likeness (QED) is 0.659. The molecule has 2 rings (SSSR count). The van der Waals surface area contributed by atoms with E-state index in [1.165, 1.54) is 24.8 Å². The van der Waals surface area contributed by atoms with E-state index >= 15 is 0 Å². The van der Waals surface area contributed by atoms with Crippen LogP contribution in [0.3, 0.4) is 0 Å². The highest BCUT2D eigenvalue weighted by molar-refractivity contribution is 5.92. The van der Waals surface area contributed by atoms with E-state index in [2.05, 4.69) is 20.5 Å². The molecule has 1 heterocycles. The van der Waals surface area contributed by atoms with Crippen LogP contribution in [0.4, 0.5) is 0 Å². The molecule has 1 amide bonds. The first-order valence-electron chi connectivity index (χ1n) is 5.53. The van der Waals surface area contributed by atoms with E-state index in [1.807, 2.05) is 18.2 Å². The number of amides is 1. The number of nitrogens with one attached hydrogen (secondary N) is 1. The van der Waals surface area contributed by atoms with E-state index in [9.17, 15) is 4.79 Å². The number of aromatic nitrogens is 2. The lowest BCUT2D eigenvalue weighted by Crippen LogP contribution is -2.19. The van der Waals surface area contributed by atoms with Crippen LogP contribution in [0.1, 0.15) is 16.1 Å². The maximum atomic E-state index is 11.6. The third kappa shape index (κ3) is 3.60. The molecular weight excluding hydrogens is 244 g/mol. The number of nitrogens with zero attached hydrogens (tertiary/aromatic N) is 3. The maximum Gasteiger partial charge on any atom is 0.291 e. The lowest BCUT2D eigenvalue weighted by Gasteiger charge is -2.00. The molecule has 19 heavy (non-hydrogen) atoms. The molecule has 1 N–H and O–H groups in total. The predicted octanol–water partition coefficient (Wildman–Crippen LogP) is 1.25. The highest BCUT2D eigenvalue weighted by atomic mass is 16.5. The van der Waals surface area contributed by atoms with Crippen molar-refractivity contribution in [2.75, 3.05) is 7.11 Å². The molecule has 6 heteroatoms. The van der Waals surface area contributed by atoms with Crippen molar-refractivity contribution >= 4 is 12.1 Å². The normalized spacial score (nSPS) is 10.4. The topological polar surface area (TPSA) is 76.5 Å². The van der Waals surface area contributed by atoms with Crippen LogP contribution in [-0.2, 0) is 0 Å². The van der Waals surface area contributed by atoms with Crippen molar-refractivity contribution < 1.29 is 9.53 Å². The van der Waals surface area contributed by atoms with Gasteiger partial charge in [0.2, 0.25) is 0 Å². The molecule has 0 saturated carbocycles. The monoisotopic (exact) mass is 256 g/mol. The summed E-state index contributed by atoms with van der Waals surface area (Å²) in [6, 6.07) is 7.32. The molecule has 1 aromatic carbocycles. The van der Waals surface area contributed by atoms with Gasteiger partial charge in [0.05, 0.1) is 19.5 Å². The fourth-order valence-corrected chi connectivity index (χ4v) is 1.36. The molecule has 96 valence electrons. The fourth-order valence-electron chi connectivity index (χ4n) is 1.36. The van der Waals surface area contributed by atoms with Crippen LogP contribution >= 0.6 is 0 Å². The van der Waals surface area contributed by atoms with E-state index in [1.54, 1.807) is 13.2 Å². The van der Waals surface area contributed by atoms with Crippen molar-refractivity contribution in [2.24, 2.45) is 5.10 Å². The van der Waals surface area contributed by atoms with Crippen molar-refractivity contribution in [1.29, 1.82) is 0 Å². The minimum atomic E-state index is -0.410. The van der Waals surface area contributed by atoms with Crippen molar-refractivity contribution in [2.45, 2.75) is 0 Å². The second kappa shape index (κ2) is 6.25. The van der Waals surface area contributed by atoms with E-state index in [4.69, 9.17) is 4.74 Å². The van der Waals surface area contributed by atoms with Crippen LogP contribution < -0.4 is 10.2 Å². The Balaban J connectivity index is 1.98. The minimum absolute atomic E-state index is 0.213. The Labute approximate surface area is 110 Å². The van der Waals surface area contributed by atoms with Gasteiger partial charge in [-0.2, -0.15) is 5.10 Å². The molecule has 0 unspecified atom stereocenters. The van der Waals surface area contributed by atoms with Gasteiger partial charge >= 0.3 is 0 Å². The van der Waals surface area contributed by atoms with Crippen LogP contribution in [0, 0.1) is 0 Å². The molecule has 0 fully saturated rings. The number of hydrogen-bond donors (Lipinski definition) is 1. The van der Waals surface area contributed by atoms with Gasteiger partial charge in [0.1, 0.15) is 11.4 Å². The van der Waals surface area contributed by atoms with Crippen LogP contribution in [-0.4, -0.2) is 29.2 Å². The Morgan fingerprint density at radius 3 is 3.05 bits per heavy atom. The predicted molar refractivity (Wildman–Crippen MR) is 70.1 cm³/mol. The van der Waals surface area contributed by atoms with Gasteiger partial charge < -0.3 is 4.74 Å². The summed E-state index contributed by atoms with van der Waals surface area (Å²) in [5.74, 6) is 0.316. The molecule has 0 atom stereocenters. The van der Waals surface area contributed by atoms with Crippen molar-refractivity contribution in [1.82, 2.24) is 15.4 Å². The zero-order chi connectivity index (χ0) is 13.5. The van der Waals surface area contributed by atoms with Gasteiger partial charge in [-0.15, -0.1) is 0 Å².